The fourth-order valence-electron chi connectivity index (χ4n) is 2.68. The molecule has 1 heterocycles. The van der Waals surface area contributed by atoms with E-state index in [0.717, 1.165) is 11.1 Å². The second-order valence-corrected chi connectivity index (χ2v) is 5.46. The van der Waals surface area contributed by atoms with Crippen LogP contribution in [0.3, 0.4) is 0 Å². The van der Waals surface area contributed by atoms with E-state index in [9.17, 15) is 9.90 Å². The number of aromatic carboxylic acids is 1. The second-order valence-electron chi connectivity index (χ2n) is 5.46. The van der Waals surface area contributed by atoms with E-state index >= 15 is 0 Å². The maximum atomic E-state index is 11.4. The van der Waals surface area contributed by atoms with Gasteiger partial charge >= 0.3 is 5.97 Å². The minimum absolute atomic E-state index is 0.193. The van der Waals surface area contributed by atoms with Gasteiger partial charge in [-0.15, -0.1) is 0 Å². The molecule has 3 aromatic rings. The molecular formula is C19H18N2O4. The average molecular weight is 338 g/mol. The van der Waals surface area contributed by atoms with Crippen LogP contribution in [0, 0.1) is 0 Å². The van der Waals surface area contributed by atoms with Crippen LogP contribution in [0.5, 0.6) is 11.5 Å². The van der Waals surface area contributed by atoms with Gasteiger partial charge in [0, 0.05) is 7.05 Å². The highest BCUT2D eigenvalue weighted by atomic mass is 16.5. The summed E-state index contributed by atoms with van der Waals surface area (Å²) in [5.74, 6) is 0.980. The second kappa shape index (κ2) is 6.68. The van der Waals surface area contributed by atoms with Crippen LogP contribution in [-0.2, 0) is 7.05 Å². The van der Waals surface area contributed by atoms with Crippen LogP contribution >= 0.6 is 0 Å². The quantitative estimate of drug-likeness (QED) is 0.771. The van der Waals surface area contributed by atoms with Crippen LogP contribution < -0.4 is 9.47 Å². The predicted molar refractivity (Wildman–Crippen MR) is 96.1 cm³/mol. The Labute approximate surface area is 144 Å². The molecule has 0 radical (unpaired) electrons. The van der Waals surface area contributed by atoms with Gasteiger partial charge in [-0.3, -0.25) is 0 Å². The first-order valence-electron chi connectivity index (χ1n) is 7.64. The number of carboxylic acids is 1. The molecule has 0 aliphatic rings. The molecule has 0 aliphatic heterocycles. The number of hydrogen-bond donors (Lipinski definition) is 1. The molecule has 1 aromatic heterocycles. The van der Waals surface area contributed by atoms with Crippen molar-refractivity contribution in [3.05, 3.63) is 53.3 Å². The van der Waals surface area contributed by atoms with Crippen LogP contribution in [0.25, 0.3) is 23.2 Å². The normalized spacial score (nSPS) is 11.2. The van der Waals surface area contributed by atoms with E-state index in [1.165, 1.54) is 0 Å². The third-order valence-corrected chi connectivity index (χ3v) is 4.01. The topological polar surface area (TPSA) is 73.6 Å². The molecule has 0 unspecified atom stereocenters. The summed E-state index contributed by atoms with van der Waals surface area (Å²) in [4.78, 5) is 15.8. The van der Waals surface area contributed by atoms with E-state index in [1.807, 2.05) is 48.0 Å². The smallest absolute Gasteiger partial charge is 0.337 e. The Morgan fingerprint density at radius 3 is 2.56 bits per heavy atom. The van der Waals surface area contributed by atoms with E-state index in [-0.39, 0.29) is 5.56 Å². The zero-order valence-electron chi connectivity index (χ0n) is 14.2. The number of nitrogens with zero attached hydrogens (tertiary/aromatic N) is 2. The molecule has 2 aromatic carbocycles. The number of para-hydroxylation sites is 1. The fraction of sp³-hybridized carbons (Fsp3) is 0.158. The molecule has 6 nitrogen and oxygen atoms in total. The van der Waals surface area contributed by atoms with Gasteiger partial charge in [0.05, 0.1) is 25.3 Å². The Hall–Kier alpha value is -3.28. The lowest BCUT2D eigenvalue weighted by Gasteiger charge is -2.07. The number of imidazole rings is 1. The summed E-state index contributed by atoms with van der Waals surface area (Å²) in [5, 5.41) is 9.30. The van der Waals surface area contributed by atoms with Gasteiger partial charge in [-0.05, 0) is 35.9 Å². The van der Waals surface area contributed by atoms with Crippen molar-refractivity contribution in [2.75, 3.05) is 14.2 Å². The van der Waals surface area contributed by atoms with Crippen LogP contribution in [0.2, 0.25) is 0 Å². The SMILES string of the molecule is COc1ccc(/C=C/c2nc3c(C(=O)O)cccc3n2C)cc1OC. The van der Waals surface area contributed by atoms with Crippen molar-refractivity contribution >= 4 is 29.2 Å². The molecule has 6 heteroatoms. The van der Waals surface area contributed by atoms with E-state index in [0.29, 0.717) is 22.8 Å². The van der Waals surface area contributed by atoms with Crippen LogP contribution in [0.15, 0.2) is 36.4 Å². The zero-order chi connectivity index (χ0) is 18.0. The number of carbonyl (C=O) groups is 1. The van der Waals surface area contributed by atoms with Gasteiger partial charge in [0.1, 0.15) is 11.3 Å². The van der Waals surface area contributed by atoms with Gasteiger partial charge in [-0.2, -0.15) is 0 Å². The molecule has 128 valence electrons. The van der Waals surface area contributed by atoms with Crippen molar-refractivity contribution < 1.29 is 19.4 Å². The number of aryl methyl sites for hydroxylation is 1. The number of ether oxygens (including phenoxy) is 2. The van der Waals surface area contributed by atoms with Crippen molar-refractivity contribution in [3.8, 4) is 11.5 Å². The van der Waals surface area contributed by atoms with Gasteiger partial charge < -0.3 is 19.1 Å². The van der Waals surface area contributed by atoms with Gasteiger partial charge in [0.25, 0.3) is 0 Å². The third-order valence-electron chi connectivity index (χ3n) is 4.01. The van der Waals surface area contributed by atoms with Crippen LogP contribution in [0.4, 0.5) is 0 Å². The highest BCUT2D eigenvalue weighted by molar-refractivity contribution is 6.01. The van der Waals surface area contributed by atoms with E-state index in [2.05, 4.69) is 4.98 Å². The molecule has 0 spiro atoms. The number of carboxylic acid groups (broad SMARTS) is 1. The number of aromatic nitrogens is 2. The maximum absolute atomic E-state index is 11.4. The first kappa shape index (κ1) is 16.6. The summed E-state index contributed by atoms with van der Waals surface area (Å²) in [5.41, 5.74) is 2.36. The Morgan fingerprint density at radius 2 is 1.88 bits per heavy atom. The Kier molecular flexibility index (Phi) is 4.43. The van der Waals surface area contributed by atoms with Crippen LogP contribution in [-0.4, -0.2) is 34.8 Å². The fourth-order valence-corrected chi connectivity index (χ4v) is 2.68. The zero-order valence-corrected chi connectivity index (χ0v) is 14.2. The highest BCUT2D eigenvalue weighted by Gasteiger charge is 2.13. The lowest BCUT2D eigenvalue weighted by molar-refractivity contribution is 0.0699. The predicted octanol–water partition coefficient (Wildman–Crippen LogP) is 3.46. The first-order valence-corrected chi connectivity index (χ1v) is 7.64. The number of hydrogen-bond acceptors (Lipinski definition) is 4. The molecule has 0 amide bonds. The lowest BCUT2D eigenvalue weighted by atomic mass is 10.2. The van der Waals surface area contributed by atoms with Gasteiger partial charge in [-0.25, -0.2) is 9.78 Å². The maximum Gasteiger partial charge on any atom is 0.337 e. The minimum atomic E-state index is -0.987. The van der Waals surface area contributed by atoms with Gasteiger partial charge in [-0.1, -0.05) is 18.2 Å². The molecule has 0 saturated heterocycles. The summed E-state index contributed by atoms with van der Waals surface area (Å²) >= 11 is 0. The molecular weight excluding hydrogens is 320 g/mol. The van der Waals surface area contributed by atoms with Crippen molar-refractivity contribution in [3.63, 3.8) is 0 Å². The average Bonchev–Trinajstić information content (AvgIpc) is 2.95. The Bertz CT molecular complexity index is 973. The van der Waals surface area contributed by atoms with Crippen molar-refractivity contribution in [2.45, 2.75) is 0 Å². The molecule has 0 bridgehead atoms. The number of methoxy groups -OCH3 is 2. The van der Waals surface area contributed by atoms with Gasteiger partial charge in [0.15, 0.2) is 11.5 Å². The molecule has 0 aliphatic carbocycles. The van der Waals surface area contributed by atoms with Crippen molar-refractivity contribution in [1.82, 2.24) is 9.55 Å². The van der Waals surface area contributed by atoms with Gasteiger partial charge in [0.2, 0.25) is 0 Å². The summed E-state index contributed by atoms with van der Waals surface area (Å²) in [6.07, 6.45) is 3.73. The van der Waals surface area contributed by atoms with E-state index < -0.39 is 5.97 Å². The van der Waals surface area contributed by atoms with E-state index in [1.54, 1.807) is 26.4 Å². The third kappa shape index (κ3) is 3.06. The molecule has 1 N–H and O–H groups in total. The summed E-state index contributed by atoms with van der Waals surface area (Å²) < 4.78 is 12.4. The van der Waals surface area contributed by atoms with Crippen LogP contribution in [0.1, 0.15) is 21.7 Å². The minimum Gasteiger partial charge on any atom is -0.493 e. The van der Waals surface area contributed by atoms with Crippen molar-refractivity contribution in [2.24, 2.45) is 7.05 Å². The summed E-state index contributed by atoms with van der Waals surface area (Å²) in [7, 11) is 5.03. The Morgan fingerprint density at radius 1 is 1.12 bits per heavy atom. The molecule has 25 heavy (non-hydrogen) atoms. The number of rotatable bonds is 5. The summed E-state index contributed by atoms with van der Waals surface area (Å²) in [6.45, 7) is 0. The molecule has 3 rings (SSSR count). The molecule has 0 fully saturated rings. The highest BCUT2D eigenvalue weighted by Crippen LogP contribution is 2.28. The van der Waals surface area contributed by atoms with E-state index in [4.69, 9.17) is 9.47 Å². The number of fused-ring (bicyclic) bond motifs is 1. The standard InChI is InChI=1S/C19H18N2O4/c1-21-14-6-4-5-13(19(22)23)18(14)20-17(21)10-8-12-7-9-15(24-2)16(11-12)25-3/h4-11H,1-3H3,(H,22,23)/b10-8+. The lowest BCUT2D eigenvalue weighted by Crippen LogP contribution is -1.97. The summed E-state index contributed by atoms with van der Waals surface area (Å²) in [6, 6.07) is 10.7. The largest absolute Gasteiger partial charge is 0.493 e. The molecule has 0 saturated carbocycles. The number of benzene rings is 2. The van der Waals surface area contributed by atoms with Crippen molar-refractivity contribution in [1.29, 1.82) is 0 Å². The monoisotopic (exact) mass is 338 g/mol. The molecule has 0 atom stereocenters. The Balaban J connectivity index is 2.01. The first-order chi connectivity index (χ1) is 12.0.